The van der Waals surface area contributed by atoms with Crippen LogP contribution in [0.15, 0.2) is 237 Å². The Balaban J connectivity index is 1.13. The number of nitrogens with zero attached hydrogens (tertiary/aromatic N) is 1. The van der Waals surface area contributed by atoms with Crippen molar-refractivity contribution >= 4 is 17.1 Å². The van der Waals surface area contributed by atoms with Gasteiger partial charge < -0.3 is 4.90 Å². The predicted molar refractivity (Wildman–Crippen MR) is 297 cm³/mol. The first-order valence-electron chi connectivity index (χ1n) is 24.8. The molecule has 0 aromatic heterocycles. The van der Waals surface area contributed by atoms with E-state index >= 15 is 0 Å². The Morgan fingerprint density at radius 1 is 0.271 bits per heavy atom. The van der Waals surface area contributed by atoms with Crippen LogP contribution in [0.3, 0.4) is 0 Å². The van der Waals surface area contributed by atoms with Gasteiger partial charge >= 0.3 is 0 Å². The van der Waals surface area contributed by atoms with Crippen molar-refractivity contribution < 1.29 is 0 Å². The fourth-order valence-corrected chi connectivity index (χ4v) is 11.6. The van der Waals surface area contributed by atoms with Crippen molar-refractivity contribution in [3.63, 3.8) is 0 Å². The van der Waals surface area contributed by atoms with Gasteiger partial charge in [-0.25, -0.2) is 0 Å². The van der Waals surface area contributed by atoms with E-state index in [1.807, 2.05) is 0 Å². The second-order valence-electron chi connectivity index (χ2n) is 21.2. The number of benzene rings is 10. The third-order valence-electron chi connectivity index (χ3n) is 15.0. The van der Waals surface area contributed by atoms with E-state index in [1.165, 1.54) is 94.6 Å². The van der Waals surface area contributed by atoms with Gasteiger partial charge in [0.15, 0.2) is 0 Å². The molecule has 12 rings (SSSR count). The molecule has 0 amide bonds. The van der Waals surface area contributed by atoms with Crippen LogP contribution in [0, 0.1) is 0 Å². The first-order valence-corrected chi connectivity index (χ1v) is 24.8. The molecule has 1 nitrogen and oxygen atoms in total. The molecule has 0 saturated heterocycles. The molecule has 0 atom stereocenters. The highest BCUT2D eigenvalue weighted by atomic mass is 15.1. The lowest BCUT2D eigenvalue weighted by Gasteiger charge is -2.33. The summed E-state index contributed by atoms with van der Waals surface area (Å²) in [6.45, 7) is 14.0. The molecule has 0 fully saturated rings. The van der Waals surface area contributed by atoms with E-state index in [2.05, 4.69) is 283 Å². The third kappa shape index (κ3) is 6.90. The van der Waals surface area contributed by atoms with E-state index in [4.69, 9.17) is 0 Å². The summed E-state index contributed by atoms with van der Waals surface area (Å²) in [5, 5.41) is 0. The van der Waals surface area contributed by atoms with E-state index in [0.717, 1.165) is 22.6 Å². The molecule has 70 heavy (non-hydrogen) atoms. The largest absolute Gasteiger partial charge is 0.309 e. The first kappa shape index (κ1) is 43.3. The van der Waals surface area contributed by atoms with Crippen LogP contribution in [0.2, 0.25) is 0 Å². The maximum atomic E-state index is 2.54. The fraction of sp³-hybridized carbons (Fsp3) is 0.130. The quantitative estimate of drug-likeness (QED) is 0.154. The Kier molecular flexibility index (Phi) is 10.3. The van der Waals surface area contributed by atoms with Crippen molar-refractivity contribution in [2.24, 2.45) is 0 Å². The zero-order chi connectivity index (χ0) is 47.8. The van der Waals surface area contributed by atoms with Gasteiger partial charge in [0, 0.05) is 16.8 Å². The molecule has 0 unspecified atom stereocenters. The van der Waals surface area contributed by atoms with E-state index in [0.29, 0.717) is 0 Å². The van der Waals surface area contributed by atoms with Gasteiger partial charge in [0.2, 0.25) is 0 Å². The molecule has 0 heterocycles. The minimum atomic E-state index is -0.493. The summed E-state index contributed by atoms with van der Waals surface area (Å²) < 4.78 is 0. The van der Waals surface area contributed by atoms with Gasteiger partial charge in [-0.1, -0.05) is 254 Å². The van der Waals surface area contributed by atoms with Crippen LogP contribution >= 0.6 is 0 Å². The van der Waals surface area contributed by atoms with Crippen molar-refractivity contribution in [1.82, 2.24) is 0 Å². The Morgan fingerprint density at radius 2 is 0.657 bits per heavy atom. The van der Waals surface area contributed by atoms with Crippen LogP contribution in [-0.4, -0.2) is 0 Å². The molecule has 338 valence electrons. The summed E-state index contributed by atoms with van der Waals surface area (Å²) in [7, 11) is 0. The second kappa shape index (κ2) is 16.6. The zero-order valence-corrected chi connectivity index (χ0v) is 41.0. The van der Waals surface area contributed by atoms with Crippen molar-refractivity contribution in [1.29, 1.82) is 0 Å². The maximum absolute atomic E-state index is 2.54. The zero-order valence-electron chi connectivity index (χ0n) is 41.0. The lowest BCUT2D eigenvalue weighted by molar-refractivity contribution is 0.586. The lowest BCUT2D eigenvalue weighted by Crippen LogP contribution is -2.27. The van der Waals surface area contributed by atoms with Gasteiger partial charge in [-0.2, -0.15) is 0 Å². The highest BCUT2D eigenvalue weighted by Crippen LogP contribution is 2.64. The van der Waals surface area contributed by atoms with E-state index in [1.54, 1.807) is 0 Å². The molecule has 0 saturated carbocycles. The standard InChI is InChI=1S/C69H57N/c1-67(2,3)48-37-40-57-58-41-38-49(68(4,5)6)44-64(58)69(63(57)43-48)61-34-20-17-32-56(61)60-45-50(39-42-62(60)69)70(65-35-21-18-28-52(65)47-25-11-8-12-26-47)66-36-22-19-33-59(66)55-31-16-15-30-54(55)53-29-14-13-27-51(53)46-23-9-7-10-24-46/h7-45H,1-6H3. The highest BCUT2D eigenvalue weighted by Gasteiger charge is 2.52. The SMILES string of the molecule is CC(C)(C)c1ccc2c(c1)C1(c3ccccc3-c3cc(N(c4ccccc4-c4ccccc4)c4ccccc4-c4ccccc4-c4ccccc4-c4ccccc4)ccc31)c1cc(C(C)(C)C)ccc1-2. The van der Waals surface area contributed by atoms with E-state index in [9.17, 15) is 0 Å². The normalized spacial score (nSPS) is 13.1. The molecule has 0 bridgehead atoms. The molecule has 1 heteroatoms. The molecule has 1 spiro atoms. The number of rotatable bonds is 7. The van der Waals surface area contributed by atoms with Crippen LogP contribution in [0.25, 0.3) is 66.8 Å². The number of fused-ring (bicyclic) bond motifs is 10. The van der Waals surface area contributed by atoms with Crippen molar-refractivity contribution in [2.75, 3.05) is 4.90 Å². The second-order valence-corrected chi connectivity index (χ2v) is 21.2. The van der Waals surface area contributed by atoms with Gasteiger partial charge in [0.05, 0.1) is 16.8 Å². The third-order valence-corrected chi connectivity index (χ3v) is 15.0. The maximum Gasteiger partial charge on any atom is 0.0725 e. The Bertz CT molecular complexity index is 3550. The molecule has 10 aromatic carbocycles. The summed E-state index contributed by atoms with van der Waals surface area (Å²) in [5.41, 5.74) is 25.6. The molecule has 10 aromatic rings. The molecule has 0 N–H and O–H groups in total. The molecule has 0 radical (unpaired) electrons. The summed E-state index contributed by atoms with van der Waals surface area (Å²) in [6.07, 6.45) is 0. The van der Waals surface area contributed by atoms with E-state index in [-0.39, 0.29) is 10.8 Å². The summed E-state index contributed by atoms with van der Waals surface area (Å²) in [4.78, 5) is 2.53. The van der Waals surface area contributed by atoms with Gasteiger partial charge in [-0.3, -0.25) is 0 Å². The number of hydrogen-bond donors (Lipinski definition) is 0. The van der Waals surface area contributed by atoms with Crippen LogP contribution in [0.1, 0.15) is 74.9 Å². The average Bonchev–Trinajstić information content (AvgIpc) is 3.85. The Morgan fingerprint density at radius 3 is 1.21 bits per heavy atom. The fourth-order valence-electron chi connectivity index (χ4n) is 11.6. The van der Waals surface area contributed by atoms with Crippen molar-refractivity contribution in [2.45, 2.75) is 57.8 Å². The molecular formula is C69H57N. The summed E-state index contributed by atoms with van der Waals surface area (Å²) >= 11 is 0. The van der Waals surface area contributed by atoms with Crippen LogP contribution in [0.5, 0.6) is 0 Å². The lowest BCUT2D eigenvalue weighted by atomic mass is 9.69. The molecule has 2 aliphatic rings. The number of anilines is 3. The van der Waals surface area contributed by atoms with Crippen molar-refractivity contribution in [3.8, 4) is 66.8 Å². The molecule has 0 aliphatic heterocycles. The molecular weight excluding hydrogens is 843 g/mol. The van der Waals surface area contributed by atoms with Crippen LogP contribution < -0.4 is 4.90 Å². The van der Waals surface area contributed by atoms with Crippen LogP contribution in [-0.2, 0) is 16.2 Å². The minimum absolute atomic E-state index is 0.0192. The smallest absolute Gasteiger partial charge is 0.0725 e. The van der Waals surface area contributed by atoms with E-state index < -0.39 is 5.41 Å². The minimum Gasteiger partial charge on any atom is -0.309 e. The highest BCUT2D eigenvalue weighted by molar-refractivity contribution is 6.01. The monoisotopic (exact) mass is 899 g/mol. The topological polar surface area (TPSA) is 3.24 Å². The predicted octanol–water partition coefficient (Wildman–Crippen LogP) is 18.8. The van der Waals surface area contributed by atoms with Gasteiger partial charge in [-0.05, 0) is 124 Å². The van der Waals surface area contributed by atoms with Gasteiger partial charge in [0.25, 0.3) is 0 Å². The number of hydrogen-bond acceptors (Lipinski definition) is 1. The van der Waals surface area contributed by atoms with Crippen LogP contribution in [0.4, 0.5) is 17.1 Å². The Labute approximate surface area is 414 Å². The Hall–Kier alpha value is -8.00. The summed E-state index contributed by atoms with van der Waals surface area (Å²) in [5.74, 6) is 0. The van der Waals surface area contributed by atoms with Crippen molar-refractivity contribution in [3.05, 3.63) is 270 Å². The number of para-hydroxylation sites is 2. The van der Waals surface area contributed by atoms with Gasteiger partial charge in [0.1, 0.15) is 0 Å². The summed E-state index contributed by atoms with van der Waals surface area (Å²) in [6, 6.07) is 88.6. The molecule has 2 aliphatic carbocycles. The first-order chi connectivity index (χ1) is 34.0. The average molecular weight is 900 g/mol. The van der Waals surface area contributed by atoms with Gasteiger partial charge in [-0.15, -0.1) is 0 Å².